The molecule has 1 aliphatic carbocycles. The maximum atomic E-state index is 11.6. The Labute approximate surface area is 111 Å². The van der Waals surface area contributed by atoms with Crippen LogP contribution in [-0.4, -0.2) is 11.6 Å². The highest BCUT2D eigenvalue weighted by molar-refractivity contribution is 5.72. The third-order valence-corrected chi connectivity index (χ3v) is 5.66. The molecule has 2 fully saturated rings. The summed E-state index contributed by atoms with van der Waals surface area (Å²) < 4.78 is 5.66. The van der Waals surface area contributed by atoms with Gasteiger partial charge in [0.25, 0.3) is 0 Å². The SMILES string of the molecule is C[C@H]1CC[C@@]2(C)OC(=O)C[C@@H]2CCCCC1(C)C. The van der Waals surface area contributed by atoms with Gasteiger partial charge in [0.15, 0.2) is 0 Å². The van der Waals surface area contributed by atoms with Crippen molar-refractivity contribution in [3.63, 3.8) is 0 Å². The third kappa shape index (κ3) is 2.73. The maximum absolute atomic E-state index is 11.6. The van der Waals surface area contributed by atoms with Crippen LogP contribution in [0.15, 0.2) is 0 Å². The Balaban J connectivity index is 2.11. The van der Waals surface area contributed by atoms with Crippen LogP contribution in [0.5, 0.6) is 0 Å². The van der Waals surface area contributed by atoms with E-state index in [0.29, 0.717) is 23.7 Å². The number of hydrogen-bond acceptors (Lipinski definition) is 2. The first-order valence-electron chi connectivity index (χ1n) is 7.55. The highest BCUT2D eigenvalue weighted by Gasteiger charge is 2.45. The molecular weight excluding hydrogens is 224 g/mol. The normalized spacial score (nSPS) is 41.0. The van der Waals surface area contributed by atoms with Crippen molar-refractivity contribution in [3.05, 3.63) is 0 Å². The lowest BCUT2D eigenvalue weighted by atomic mass is 9.70. The second-order valence-corrected chi connectivity index (χ2v) is 7.36. The molecule has 104 valence electrons. The minimum atomic E-state index is -0.182. The van der Waals surface area contributed by atoms with Crippen LogP contribution < -0.4 is 0 Å². The zero-order valence-corrected chi connectivity index (χ0v) is 12.4. The van der Waals surface area contributed by atoms with E-state index in [9.17, 15) is 4.79 Å². The smallest absolute Gasteiger partial charge is 0.306 e. The van der Waals surface area contributed by atoms with Crippen molar-refractivity contribution < 1.29 is 9.53 Å². The molecule has 18 heavy (non-hydrogen) atoms. The van der Waals surface area contributed by atoms with E-state index in [0.717, 1.165) is 12.8 Å². The van der Waals surface area contributed by atoms with Crippen LogP contribution in [0.4, 0.5) is 0 Å². The summed E-state index contributed by atoms with van der Waals surface area (Å²) in [6.45, 7) is 9.29. The van der Waals surface area contributed by atoms with Crippen LogP contribution in [0.25, 0.3) is 0 Å². The number of carbonyl (C=O) groups excluding carboxylic acids is 1. The summed E-state index contributed by atoms with van der Waals surface area (Å²) in [7, 11) is 0. The van der Waals surface area contributed by atoms with Gasteiger partial charge in [0.1, 0.15) is 5.60 Å². The zero-order chi connectivity index (χ0) is 13.4. The van der Waals surface area contributed by atoms with Crippen molar-refractivity contribution in [2.45, 2.75) is 78.2 Å². The van der Waals surface area contributed by atoms with Gasteiger partial charge < -0.3 is 4.74 Å². The number of esters is 1. The third-order valence-electron chi connectivity index (χ3n) is 5.66. The van der Waals surface area contributed by atoms with Crippen molar-refractivity contribution in [1.82, 2.24) is 0 Å². The molecule has 0 aromatic carbocycles. The quantitative estimate of drug-likeness (QED) is 0.600. The summed E-state index contributed by atoms with van der Waals surface area (Å²) in [4.78, 5) is 11.6. The molecule has 0 aromatic rings. The minimum Gasteiger partial charge on any atom is -0.459 e. The van der Waals surface area contributed by atoms with E-state index >= 15 is 0 Å². The highest BCUT2D eigenvalue weighted by Crippen LogP contribution is 2.44. The molecule has 0 unspecified atom stereocenters. The fourth-order valence-corrected chi connectivity index (χ4v) is 3.58. The van der Waals surface area contributed by atoms with Gasteiger partial charge in [-0.05, 0) is 43.9 Å². The molecule has 0 bridgehead atoms. The number of rotatable bonds is 0. The van der Waals surface area contributed by atoms with Crippen LogP contribution in [0.1, 0.15) is 72.6 Å². The summed E-state index contributed by atoms with van der Waals surface area (Å²) in [5.74, 6) is 1.18. The molecule has 0 amide bonds. The second kappa shape index (κ2) is 4.86. The van der Waals surface area contributed by atoms with Gasteiger partial charge in [0.2, 0.25) is 0 Å². The highest BCUT2D eigenvalue weighted by atomic mass is 16.6. The Bertz CT molecular complexity index is 321. The molecule has 0 radical (unpaired) electrons. The summed E-state index contributed by atoms with van der Waals surface area (Å²) in [5, 5.41) is 0. The van der Waals surface area contributed by atoms with Crippen molar-refractivity contribution >= 4 is 5.97 Å². The van der Waals surface area contributed by atoms with E-state index < -0.39 is 0 Å². The molecular formula is C16H28O2. The van der Waals surface area contributed by atoms with E-state index in [1.54, 1.807) is 0 Å². The second-order valence-electron chi connectivity index (χ2n) is 7.36. The first-order valence-corrected chi connectivity index (χ1v) is 7.55. The molecule has 0 spiro atoms. The fourth-order valence-electron chi connectivity index (χ4n) is 3.58. The van der Waals surface area contributed by atoms with Crippen LogP contribution in [0, 0.1) is 17.3 Å². The van der Waals surface area contributed by atoms with Crippen molar-refractivity contribution in [2.75, 3.05) is 0 Å². The minimum absolute atomic E-state index is 0.0219. The lowest BCUT2D eigenvalue weighted by Gasteiger charge is -2.37. The van der Waals surface area contributed by atoms with Gasteiger partial charge in [-0.2, -0.15) is 0 Å². The maximum Gasteiger partial charge on any atom is 0.306 e. The Morgan fingerprint density at radius 3 is 2.56 bits per heavy atom. The first-order chi connectivity index (χ1) is 8.33. The van der Waals surface area contributed by atoms with Gasteiger partial charge in [-0.15, -0.1) is 0 Å². The van der Waals surface area contributed by atoms with E-state index in [-0.39, 0.29) is 11.6 Å². The van der Waals surface area contributed by atoms with Crippen LogP contribution in [-0.2, 0) is 9.53 Å². The molecule has 3 atom stereocenters. The Morgan fingerprint density at radius 1 is 1.11 bits per heavy atom. The fraction of sp³-hybridized carbons (Fsp3) is 0.938. The molecule has 2 heteroatoms. The van der Waals surface area contributed by atoms with Gasteiger partial charge in [-0.25, -0.2) is 0 Å². The van der Waals surface area contributed by atoms with Crippen LogP contribution in [0.2, 0.25) is 0 Å². The molecule has 2 nitrogen and oxygen atoms in total. The van der Waals surface area contributed by atoms with Crippen LogP contribution >= 0.6 is 0 Å². The molecule has 0 aromatic heterocycles. The average Bonchev–Trinajstić information content (AvgIpc) is 2.56. The predicted molar refractivity (Wildman–Crippen MR) is 73.3 cm³/mol. The average molecular weight is 252 g/mol. The number of hydrogen-bond donors (Lipinski definition) is 0. The van der Waals surface area contributed by atoms with Gasteiger partial charge >= 0.3 is 5.97 Å². The monoisotopic (exact) mass is 252 g/mol. The first kappa shape index (κ1) is 13.9. The topological polar surface area (TPSA) is 26.3 Å². The molecule has 0 N–H and O–H groups in total. The summed E-state index contributed by atoms with van der Waals surface area (Å²) in [6.07, 6.45) is 7.86. The van der Waals surface area contributed by atoms with Crippen molar-refractivity contribution in [3.8, 4) is 0 Å². The Hall–Kier alpha value is -0.530. The summed E-state index contributed by atoms with van der Waals surface area (Å²) in [5.41, 5.74) is 0.241. The summed E-state index contributed by atoms with van der Waals surface area (Å²) >= 11 is 0. The predicted octanol–water partition coefficient (Wildman–Crippen LogP) is 4.32. The van der Waals surface area contributed by atoms with E-state index in [1.807, 2.05) is 0 Å². The van der Waals surface area contributed by atoms with Gasteiger partial charge in [0, 0.05) is 5.92 Å². The van der Waals surface area contributed by atoms with Crippen LogP contribution in [0.3, 0.4) is 0 Å². The molecule has 1 saturated carbocycles. The molecule has 2 rings (SSSR count). The number of ether oxygens (including phenoxy) is 1. The molecule has 1 saturated heterocycles. The van der Waals surface area contributed by atoms with E-state index in [2.05, 4.69) is 27.7 Å². The summed E-state index contributed by atoms with van der Waals surface area (Å²) in [6, 6.07) is 0. The standard InChI is InChI=1S/C16H28O2/c1-12-8-10-16(4)13(11-14(17)18-16)7-5-6-9-15(12,2)3/h12-13H,5-11H2,1-4H3/t12-,13-,16+/m0/s1. The Kier molecular flexibility index (Phi) is 3.75. The largest absolute Gasteiger partial charge is 0.459 e. The van der Waals surface area contributed by atoms with Gasteiger partial charge in [0.05, 0.1) is 6.42 Å². The molecule has 1 aliphatic heterocycles. The number of carbonyl (C=O) groups is 1. The Morgan fingerprint density at radius 2 is 1.83 bits per heavy atom. The zero-order valence-electron chi connectivity index (χ0n) is 12.4. The van der Waals surface area contributed by atoms with Crippen molar-refractivity contribution in [2.24, 2.45) is 17.3 Å². The van der Waals surface area contributed by atoms with E-state index in [4.69, 9.17) is 4.74 Å². The lowest BCUT2D eigenvalue weighted by molar-refractivity contribution is -0.149. The van der Waals surface area contributed by atoms with Gasteiger partial charge in [-0.3, -0.25) is 4.79 Å². The van der Waals surface area contributed by atoms with E-state index in [1.165, 1.54) is 25.7 Å². The molecule has 2 aliphatic rings. The van der Waals surface area contributed by atoms with Crippen molar-refractivity contribution in [1.29, 1.82) is 0 Å². The molecule has 1 heterocycles. The number of fused-ring (bicyclic) bond motifs is 1. The van der Waals surface area contributed by atoms with Gasteiger partial charge in [-0.1, -0.05) is 33.6 Å². The lowest BCUT2D eigenvalue weighted by Crippen LogP contribution is -2.34.